The highest BCUT2D eigenvalue weighted by Crippen LogP contribution is 2.47. The van der Waals surface area contributed by atoms with Gasteiger partial charge < -0.3 is 4.74 Å². The first-order valence-electron chi connectivity index (χ1n) is 6.53. The van der Waals surface area contributed by atoms with Crippen LogP contribution in [0.25, 0.3) is 0 Å². The zero-order valence-corrected chi connectivity index (χ0v) is 10.3. The number of hydrazine groups is 1. The van der Waals surface area contributed by atoms with Crippen molar-refractivity contribution in [3.8, 4) is 0 Å². The van der Waals surface area contributed by atoms with Crippen LogP contribution < -0.4 is 5.43 Å². The van der Waals surface area contributed by atoms with Gasteiger partial charge in [0.05, 0.1) is 13.2 Å². The maximum Gasteiger partial charge on any atom is 0.238 e. The molecule has 1 heterocycles. The molecule has 1 amide bonds. The quantitative estimate of drug-likeness (QED) is 0.870. The van der Waals surface area contributed by atoms with Crippen LogP contribution in [0.15, 0.2) is 30.3 Å². The van der Waals surface area contributed by atoms with Crippen LogP contribution in [0.5, 0.6) is 0 Å². The lowest BCUT2D eigenvalue weighted by atomic mass is 10.1. The van der Waals surface area contributed by atoms with Crippen LogP contribution in [-0.2, 0) is 9.53 Å². The zero-order chi connectivity index (χ0) is 12.4. The van der Waals surface area contributed by atoms with E-state index in [1.54, 1.807) is 0 Å². The second-order valence-electron chi connectivity index (χ2n) is 4.93. The third-order valence-electron chi connectivity index (χ3n) is 3.63. The summed E-state index contributed by atoms with van der Waals surface area (Å²) in [6.07, 6.45) is 0.972. The van der Waals surface area contributed by atoms with Gasteiger partial charge in [0.25, 0.3) is 0 Å². The van der Waals surface area contributed by atoms with Crippen molar-refractivity contribution in [3.05, 3.63) is 35.9 Å². The third kappa shape index (κ3) is 2.54. The summed E-state index contributed by atoms with van der Waals surface area (Å²) >= 11 is 0. The normalized spacial score (nSPS) is 27.8. The number of morpholine rings is 1. The summed E-state index contributed by atoms with van der Waals surface area (Å²) in [5, 5.41) is 1.96. The summed E-state index contributed by atoms with van der Waals surface area (Å²) in [4.78, 5) is 12.1. The van der Waals surface area contributed by atoms with Crippen molar-refractivity contribution < 1.29 is 9.53 Å². The Labute approximate surface area is 107 Å². The molecule has 0 radical (unpaired) electrons. The highest BCUT2D eigenvalue weighted by Gasteiger charge is 2.44. The largest absolute Gasteiger partial charge is 0.379 e. The van der Waals surface area contributed by atoms with Gasteiger partial charge in [0.1, 0.15) is 0 Å². The number of nitrogens with one attached hydrogen (secondary N) is 1. The van der Waals surface area contributed by atoms with Crippen molar-refractivity contribution >= 4 is 5.91 Å². The van der Waals surface area contributed by atoms with Crippen LogP contribution in [0.4, 0.5) is 0 Å². The molecule has 1 aromatic carbocycles. The van der Waals surface area contributed by atoms with E-state index < -0.39 is 0 Å². The number of ether oxygens (including phenoxy) is 1. The molecular weight excluding hydrogens is 228 g/mol. The fourth-order valence-electron chi connectivity index (χ4n) is 2.47. The Kier molecular flexibility index (Phi) is 3.30. The fraction of sp³-hybridized carbons (Fsp3) is 0.500. The molecule has 2 fully saturated rings. The Morgan fingerprint density at radius 1 is 1.22 bits per heavy atom. The van der Waals surface area contributed by atoms with Gasteiger partial charge in [-0.3, -0.25) is 10.2 Å². The summed E-state index contributed by atoms with van der Waals surface area (Å²) in [6.45, 7) is 2.98. The van der Waals surface area contributed by atoms with E-state index in [1.807, 2.05) is 23.2 Å². The highest BCUT2D eigenvalue weighted by molar-refractivity contribution is 5.82. The number of carbonyl (C=O) groups excluding carboxylic acids is 1. The highest BCUT2D eigenvalue weighted by atomic mass is 16.5. The van der Waals surface area contributed by atoms with Crippen molar-refractivity contribution in [1.82, 2.24) is 10.4 Å². The smallest absolute Gasteiger partial charge is 0.238 e. The van der Waals surface area contributed by atoms with Crippen molar-refractivity contribution in [2.45, 2.75) is 12.3 Å². The average molecular weight is 246 g/mol. The molecule has 0 unspecified atom stereocenters. The van der Waals surface area contributed by atoms with Crippen LogP contribution in [0.2, 0.25) is 0 Å². The van der Waals surface area contributed by atoms with Crippen LogP contribution in [-0.4, -0.2) is 37.2 Å². The van der Waals surface area contributed by atoms with Crippen LogP contribution >= 0.6 is 0 Å². The first-order valence-corrected chi connectivity index (χ1v) is 6.53. The van der Waals surface area contributed by atoms with E-state index >= 15 is 0 Å². The van der Waals surface area contributed by atoms with Gasteiger partial charge >= 0.3 is 0 Å². The van der Waals surface area contributed by atoms with Crippen molar-refractivity contribution in [2.24, 2.45) is 5.92 Å². The minimum atomic E-state index is 0.148. The maximum absolute atomic E-state index is 12.1. The molecule has 1 N–H and O–H groups in total. The second kappa shape index (κ2) is 5.08. The Morgan fingerprint density at radius 2 is 1.94 bits per heavy atom. The van der Waals surface area contributed by atoms with Gasteiger partial charge in [0.2, 0.25) is 5.91 Å². The van der Waals surface area contributed by atoms with Crippen LogP contribution in [0.1, 0.15) is 17.9 Å². The molecule has 3 rings (SSSR count). The topological polar surface area (TPSA) is 41.6 Å². The van der Waals surface area contributed by atoms with Crippen LogP contribution in [0.3, 0.4) is 0 Å². The fourth-order valence-corrected chi connectivity index (χ4v) is 2.47. The molecule has 0 bridgehead atoms. The van der Waals surface area contributed by atoms with E-state index in [0.29, 0.717) is 19.1 Å². The molecule has 2 atom stereocenters. The van der Waals surface area contributed by atoms with Gasteiger partial charge in [-0.25, -0.2) is 5.01 Å². The number of hydrogen-bond acceptors (Lipinski definition) is 3. The molecule has 4 nitrogen and oxygen atoms in total. The molecule has 18 heavy (non-hydrogen) atoms. The van der Waals surface area contributed by atoms with Gasteiger partial charge in [-0.2, -0.15) is 0 Å². The summed E-state index contributed by atoms with van der Waals surface area (Å²) in [5.41, 5.74) is 4.27. The van der Waals surface area contributed by atoms with Gasteiger partial charge in [0.15, 0.2) is 0 Å². The second-order valence-corrected chi connectivity index (χ2v) is 4.93. The summed E-state index contributed by atoms with van der Waals surface area (Å²) in [6, 6.07) is 10.3. The number of benzene rings is 1. The van der Waals surface area contributed by atoms with E-state index in [4.69, 9.17) is 4.74 Å². The molecule has 1 aliphatic carbocycles. The van der Waals surface area contributed by atoms with Gasteiger partial charge in [0, 0.05) is 19.0 Å². The number of hydrogen-bond donors (Lipinski definition) is 1. The lowest BCUT2D eigenvalue weighted by Gasteiger charge is -2.27. The first-order chi connectivity index (χ1) is 8.84. The average Bonchev–Trinajstić information content (AvgIpc) is 3.21. The maximum atomic E-state index is 12.1. The minimum Gasteiger partial charge on any atom is -0.379 e. The molecule has 4 heteroatoms. The Hall–Kier alpha value is -1.39. The van der Waals surface area contributed by atoms with E-state index in [9.17, 15) is 4.79 Å². The lowest BCUT2D eigenvalue weighted by Crippen LogP contribution is -2.49. The molecule has 0 spiro atoms. The van der Waals surface area contributed by atoms with E-state index in [2.05, 4.69) is 17.6 Å². The number of amides is 1. The van der Waals surface area contributed by atoms with Crippen molar-refractivity contribution in [1.29, 1.82) is 0 Å². The number of carbonyl (C=O) groups is 1. The van der Waals surface area contributed by atoms with E-state index in [1.165, 1.54) is 5.56 Å². The van der Waals surface area contributed by atoms with E-state index in [0.717, 1.165) is 19.5 Å². The van der Waals surface area contributed by atoms with Crippen LogP contribution in [0, 0.1) is 5.92 Å². The first kappa shape index (κ1) is 11.7. The van der Waals surface area contributed by atoms with Crippen molar-refractivity contribution in [2.75, 3.05) is 26.3 Å². The molecule has 1 aliphatic heterocycles. The predicted octanol–water partition coefficient (Wildman–Crippen LogP) is 1.15. The zero-order valence-electron chi connectivity index (χ0n) is 10.3. The van der Waals surface area contributed by atoms with Gasteiger partial charge in [-0.1, -0.05) is 30.3 Å². The molecule has 2 aliphatic rings. The van der Waals surface area contributed by atoms with Gasteiger partial charge in [-0.05, 0) is 17.9 Å². The summed E-state index contributed by atoms with van der Waals surface area (Å²) < 4.78 is 5.25. The summed E-state index contributed by atoms with van der Waals surface area (Å²) in [5.74, 6) is 0.716. The standard InChI is InChI=1S/C14H18N2O2/c17-14(15-16-6-8-18-9-7-16)13-10-12(13)11-4-2-1-3-5-11/h1-5,12-13H,6-10H2,(H,15,17)/t12-,13-/m1/s1. The summed E-state index contributed by atoms with van der Waals surface area (Å²) in [7, 11) is 0. The minimum absolute atomic E-state index is 0.148. The molecule has 0 aromatic heterocycles. The number of nitrogens with zero attached hydrogens (tertiary/aromatic N) is 1. The molecule has 1 saturated heterocycles. The Bertz CT molecular complexity index is 415. The molecular formula is C14H18N2O2. The Balaban J connectivity index is 1.53. The van der Waals surface area contributed by atoms with Crippen molar-refractivity contribution in [3.63, 3.8) is 0 Å². The number of rotatable bonds is 3. The third-order valence-corrected chi connectivity index (χ3v) is 3.63. The van der Waals surface area contributed by atoms with Gasteiger partial charge in [-0.15, -0.1) is 0 Å². The SMILES string of the molecule is O=C(NN1CCOCC1)[C@@H]1C[C@@H]1c1ccccc1. The molecule has 1 saturated carbocycles. The van der Waals surface area contributed by atoms with E-state index in [-0.39, 0.29) is 11.8 Å². The lowest BCUT2D eigenvalue weighted by molar-refractivity contribution is -0.129. The Morgan fingerprint density at radius 3 is 2.67 bits per heavy atom. The molecule has 96 valence electrons. The molecule has 1 aromatic rings. The monoisotopic (exact) mass is 246 g/mol. The predicted molar refractivity (Wildman–Crippen MR) is 67.8 cm³/mol.